The number of rotatable bonds is 3. The molecule has 3 nitrogen and oxygen atoms in total. The molecule has 1 N–H and O–H groups in total. The van der Waals surface area contributed by atoms with E-state index in [-0.39, 0.29) is 0 Å². The number of nitrogens with one attached hydrogen (secondary N) is 1. The van der Waals surface area contributed by atoms with Gasteiger partial charge in [0.05, 0.1) is 0 Å². The van der Waals surface area contributed by atoms with Crippen LogP contribution in [-0.2, 0) is 6.54 Å². The standard InChI is InChI=1S/C14H16BrNO2/c15-12-7-14-13(17-9-18-14)6-10(12)8-16-11-4-2-1-3-5-11/h1-2,6-7,11,16H,3-5,8-9H2. The van der Waals surface area contributed by atoms with Crippen LogP contribution in [0, 0.1) is 0 Å². The lowest BCUT2D eigenvalue weighted by molar-refractivity contribution is 0.174. The van der Waals surface area contributed by atoms with Gasteiger partial charge in [0.15, 0.2) is 11.5 Å². The molecular weight excluding hydrogens is 294 g/mol. The number of halogens is 1. The molecule has 0 saturated heterocycles. The summed E-state index contributed by atoms with van der Waals surface area (Å²) in [4.78, 5) is 0. The van der Waals surface area contributed by atoms with Gasteiger partial charge in [-0.1, -0.05) is 28.1 Å². The molecule has 1 aromatic rings. The minimum Gasteiger partial charge on any atom is -0.454 e. The predicted molar refractivity (Wildman–Crippen MR) is 73.9 cm³/mol. The smallest absolute Gasteiger partial charge is 0.231 e. The monoisotopic (exact) mass is 309 g/mol. The first-order chi connectivity index (χ1) is 8.83. The average Bonchev–Trinajstić information content (AvgIpc) is 2.84. The molecule has 0 radical (unpaired) electrons. The third-order valence-electron chi connectivity index (χ3n) is 3.39. The van der Waals surface area contributed by atoms with Gasteiger partial charge in [-0.2, -0.15) is 0 Å². The fourth-order valence-electron chi connectivity index (χ4n) is 2.33. The first kappa shape index (κ1) is 12.1. The van der Waals surface area contributed by atoms with E-state index in [1.54, 1.807) is 0 Å². The van der Waals surface area contributed by atoms with Crippen molar-refractivity contribution in [1.82, 2.24) is 5.32 Å². The fourth-order valence-corrected chi connectivity index (χ4v) is 2.79. The summed E-state index contributed by atoms with van der Waals surface area (Å²) in [5.41, 5.74) is 1.22. The van der Waals surface area contributed by atoms with E-state index in [0.29, 0.717) is 12.8 Å². The van der Waals surface area contributed by atoms with Gasteiger partial charge in [-0.05, 0) is 37.0 Å². The molecule has 4 heteroatoms. The number of allylic oxidation sites excluding steroid dienone is 1. The van der Waals surface area contributed by atoms with Crippen LogP contribution in [0.25, 0.3) is 0 Å². The Morgan fingerprint density at radius 3 is 2.83 bits per heavy atom. The number of hydrogen-bond acceptors (Lipinski definition) is 3. The van der Waals surface area contributed by atoms with Crippen molar-refractivity contribution in [3.63, 3.8) is 0 Å². The van der Waals surface area contributed by atoms with E-state index in [1.165, 1.54) is 18.4 Å². The topological polar surface area (TPSA) is 30.5 Å². The molecule has 2 aliphatic rings. The van der Waals surface area contributed by atoms with Crippen molar-refractivity contribution in [3.8, 4) is 11.5 Å². The molecule has 1 aliphatic carbocycles. The highest BCUT2D eigenvalue weighted by molar-refractivity contribution is 9.10. The van der Waals surface area contributed by atoms with Crippen LogP contribution >= 0.6 is 15.9 Å². The Morgan fingerprint density at radius 1 is 1.22 bits per heavy atom. The van der Waals surface area contributed by atoms with Gasteiger partial charge in [-0.15, -0.1) is 0 Å². The molecule has 1 aromatic carbocycles. The predicted octanol–water partition coefficient (Wildman–Crippen LogP) is 3.38. The van der Waals surface area contributed by atoms with Crippen LogP contribution in [0.1, 0.15) is 24.8 Å². The summed E-state index contributed by atoms with van der Waals surface area (Å²) < 4.78 is 11.8. The van der Waals surface area contributed by atoms with E-state index in [1.807, 2.05) is 6.07 Å². The Balaban J connectivity index is 1.67. The van der Waals surface area contributed by atoms with Gasteiger partial charge in [0.2, 0.25) is 6.79 Å². The number of benzene rings is 1. The maximum Gasteiger partial charge on any atom is 0.231 e. The summed E-state index contributed by atoms with van der Waals surface area (Å²) in [6.07, 6.45) is 8.05. The summed E-state index contributed by atoms with van der Waals surface area (Å²) in [5.74, 6) is 1.67. The summed E-state index contributed by atoms with van der Waals surface area (Å²) >= 11 is 3.59. The maximum absolute atomic E-state index is 5.40. The van der Waals surface area contributed by atoms with Crippen LogP contribution < -0.4 is 14.8 Å². The lowest BCUT2D eigenvalue weighted by Crippen LogP contribution is -2.29. The van der Waals surface area contributed by atoms with Crippen LogP contribution in [0.4, 0.5) is 0 Å². The van der Waals surface area contributed by atoms with E-state index < -0.39 is 0 Å². The minimum absolute atomic E-state index is 0.325. The Labute approximate surface area is 115 Å². The third-order valence-corrected chi connectivity index (χ3v) is 4.13. The van der Waals surface area contributed by atoms with E-state index in [2.05, 4.69) is 39.5 Å². The van der Waals surface area contributed by atoms with Crippen LogP contribution in [-0.4, -0.2) is 12.8 Å². The van der Waals surface area contributed by atoms with E-state index in [4.69, 9.17) is 9.47 Å². The highest BCUT2D eigenvalue weighted by Gasteiger charge is 2.17. The van der Waals surface area contributed by atoms with Gasteiger partial charge in [0.25, 0.3) is 0 Å². The Morgan fingerprint density at radius 2 is 2.06 bits per heavy atom. The quantitative estimate of drug-likeness (QED) is 0.868. The molecule has 18 heavy (non-hydrogen) atoms. The molecule has 1 atom stereocenters. The van der Waals surface area contributed by atoms with Crippen molar-refractivity contribution >= 4 is 15.9 Å². The number of hydrogen-bond donors (Lipinski definition) is 1. The second-order valence-electron chi connectivity index (χ2n) is 4.66. The molecule has 0 amide bonds. The maximum atomic E-state index is 5.40. The van der Waals surface area contributed by atoms with Gasteiger partial charge >= 0.3 is 0 Å². The second-order valence-corrected chi connectivity index (χ2v) is 5.51. The van der Waals surface area contributed by atoms with Gasteiger partial charge in [-0.25, -0.2) is 0 Å². The van der Waals surface area contributed by atoms with Crippen molar-refractivity contribution in [2.24, 2.45) is 0 Å². The molecular formula is C14H16BrNO2. The van der Waals surface area contributed by atoms with Crippen molar-refractivity contribution in [2.45, 2.75) is 31.8 Å². The minimum atomic E-state index is 0.325. The summed E-state index contributed by atoms with van der Waals surface area (Å²) in [5, 5.41) is 3.59. The molecule has 96 valence electrons. The van der Waals surface area contributed by atoms with Gasteiger partial charge in [0, 0.05) is 17.1 Å². The molecule has 1 aliphatic heterocycles. The number of ether oxygens (including phenoxy) is 2. The Kier molecular flexibility index (Phi) is 3.57. The van der Waals surface area contributed by atoms with Crippen LogP contribution in [0.3, 0.4) is 0 Å². The molecule has 3 rings (SSSR count). The highest BCUT2D eigenvalue weighted by Crippen LogP contribution is 2.36. The largest absolute Gasteiger partial charge is 0.454 e. The summed E-state index contributed by atoms with van der Waals surface area (Å²) in [6.45, 7) is 1.18. The Bertz CT molecular complexity index is 473. The van der Waals surface area contributed by atoms with Gasteiger partial charge in [0.1, 0.15) is 0 Å². The highest BCUT2D eigenvalue weighted by atomic mass is 79.9. The first-order valence-electron chi connectivity index (χ1n) is 6.29. The lowest BCUT2D eigenvalue weighted by atomic mass is 10.0. The van der Waals surface area contributed by atoms with Crippen molar-refractivity contribution < 1.29 is 9.47 Å². The number of fused-ring (bicyclic) bond motifs is 1. The second kappa shape index (κ2) is 5.33. The molecule has 0 bridgehead atoms. The van der Waals surface area contributed by atoms with Crippen molar-refractivity contribution in [2.75, 3.05) is 6.79 Å². The Hall–Kier alpha value is -1.00. The van der Waals surface area contributed by atoms with Crippen LogP contribution in [0.5, 0.6) is 11.5 Å². The molecule has 1 heterocycles. The van der Waals surface area contributed by atoms with Crippen molar-refractivity contribution in [1.29, 1.82) is 0 Å². The first-order valence-corrected chi connectivity index (χ1v) is 7.08. The average molecular weight is 310 g/mol. The van der Waals surface area contributed by atoms with Crippen LogP contribution in [0.15, 0.2) is 28.8 Å². The van der Waals surface area contributed by atoms with E-state index in [0.717, 1.165) is 28.9 Å². The zero-order chi connectivity index (χ0) is 12.4. The SMILES string of the molecule is Brc1cc2c(cc1CNC1CC=CCC1)OCO2. The molecule has 0 saturated carbocycles. The zero-order valence-electron chi connectivity index (χ0n) is 10.1. The normalized spacial score (nSPS) is 21.3. The van der Waals surface area contributed by atoms with Gasteiger partial charge in [-0.3, -0.25) is 0 Å². The van der Waals surface area contributed by atoms with Crippen LogP contribution in [0.2, 0.25) is 0 Å². The third kappa shape index (κ3) is 2.54. The van der Waals surface area contributed by atoms with Gasteiger partial charge < -0.3 is 14.8 Å². The zero-order valence-corrected chi connectivity index (χ0v) is 11.7. The van der Waals surface area contributed by atoms with Crippen molar-refractivity contribution in [3.05, 3.63) is 34.3 Å². The molecule has 0 fully saturated rings. The molecule has 1 unspecified atom stereocenters. The molecule has 0 aromatic heterocycles. The fraction of sp³-hybridized carbons (Fsp3) is 0.429. The summed E-state index contributed by atoms with van der Waals surface area (Å²) in [6, 6.07) is 4.63. The molecule has 0 spiro atoms. The van der Waals surface area contributed by atoms with E-state index >= 15 is 0 Å². The lowest BCUT2D eigenvalue weighted by Gasteiger charge is -2.19. The summed E-state index contributed by atoms with van der Waals surface area (Å²) in [7, 11) is 0. The van der Waals surface area contributed by atoms with E-state index in [9.17, 15) is 0 Å².